The second kappa shape index (κ2) is 4.60. The Balaban J connectivity index is 2.68. The number of hydrogen-bond donors (Lipinski definition) is 2. The number of aromatic carboxylic acids is 1. The number of aryl methyl sites for hydroxylation is 1. The molecule has 0 aliphatic carbocycles. The van der Waals surface area contributed by atoms with Crippen LogP contribution in [0.2, 0.25) is 0 Å². The Morgan fingerprint density at radius 1 is 1.37 bits per heavy atom. The summed E-state index contributed by atoms with van der Waals surface area (Å²) in [6, 6.07) is 2.69. The summed E-state index contributed by atoms with van der Waals surface area (Å²) < 4.78 is 26.6. The zero-order valence-corrected chi connectivity index (χ0v) is 9.70. The highest BCUT2D eigenvalue weighted by atomic mass is 19.1. The Bertz CT molecular complexity index is 725. The van der Waals surface area contributed by atoms with E-state index in [0.717, 1.165) is 18.2 Å². The van der Waals surface area contributed by atoms with Crippen LogP contribution in [0.1, 0.15) is 16.1 Å². The van der Waals surface area contributed by atoms with Crippen LogP contribution in [0, 0.1) is 18.6 Å². The molecule has 1 aromatic heterocycles. The highest BCUT2D eigenvalue weighted by Gasteiger charge is 2.17. The van der Waals surface area contributed by atoms with Gasteiger partial charge < -0.3 is 10.1 Å². The zero-order valence-electron chi connectivity index (χ0n) is 9.70. The monoisotopic (exact) mass is 266 g/mol. The second-order valence-corrected chi connectivity index (χ2v) is 3.80. The highest BCUT2D eigenvalue weighted by molar-refractivity contribution is 5.88. The fourth-order valence-corrected chi connectivity index (χ4v) is 1.64. The number of carboxylic acids is 1. The average molecular weight is 266 g/mol. The van der Waals surface area contributed by atoms with E-state index >= 15 is 0 Å². The van der Waals surface area contributed by atoms with Gasteiger partial charge >= 0.3 is 5.97 Å². The van der Waals surface area contributed by atoms with Crippen LogP contribution >= 0.6 is 0 Å². The van der Waals surface area contributed by atoms with Crippen molar-refractivity contribution < 1.29 is 18.7 Å². The third-order valence-electron chi connectivity index (χ3n) is 2.50. The van der Waals surface area contributed by atoms with Crippen molar-refractivity contribution in [3.05, 3.63) is 51.4 Å². The quantitative estimate of drug-likeness (QED) is 0.867. The van der Waals surface area contributed by atoms with E-state index in [-0.39, 0.29) is 17.1 Å². The normalized spacial score (nSPS) is 10.5. The fourth-order valence-electron chi connectivity index (χ4n) is 1.64. The highest BCUT2D eigenvalue weighted by Crippen LogP contribution is 2.19. The number of nitrogens with one attached hydrogen (secondary N) is 1. The van der Waals surface area contributed by atoms with Gasteiger partial charge in [-0.15, -0.1) is 0 Å². The third kappa shape index (κ3) is 2.35. The van der Waals surface area contributed by atoms with Crippen LogP contribution in [-0.2, 0) is 0 Å². The van der Waals surface area contributed by atoms with Crippen molar-refractivity contribution >= 4 is 5.97 Å². The van der Waals surface area contributed by atoms with Gasteiger partial charge in [0.05, 0.1) is 11.3 Å². The molecule has 5 nitrogen and oxygen atoms in total. The maximum absolute atomic E-state index is 13.5. The van der Waals surface area contributed by atoms with E-state index in [2.05, 4.69) is 9.97 Å². The Morgan fingerprint density at radius 3 is 2.63 bits per heavy atom. The maximum Gasteiger partial charge on any atom is 0.343 e. The van der Waals surface area contributed by atoms with Crippen molar-refractivity contribution in [3.8, 4) is 11.4 Å². The van der Waals surface area contributed by atoms with Crippen molar-refractivity contribution in [2.45, 2.75) is 6.92 Å². The molecule has 0 saturated carbocycles. The smallest absolute Gasteiger partial charge is 0.343 e. The van der Waals surface area contributed by atoms with E-state index in [9.17, 15) is 18.4 Å². The SMILES string of the molecule is Cc1nc(-c2cc(F)ccc2F)[nH]c(=O)c1C(=O)O. The summed E-state index contributed by atoms with van der Waals surface area (Å²) in [6.07, 6.45) is 0. The second-order valence-electron chi connectivity index (χ2n) is 3.80. The fraction of sp³-hybridized carbons (Fsp3) is 0.0833. The number of carbonyl (C=O) groups is 1. The van der Waals surface area contributed by atoms with Gasteiger partial charge in [-0.05, 0) is 25.1 Å². The lowest BCUT2D eigenvalue weighted by atomic mass is 10.1. The molecule has 2 N–H and O–H groups in total. The summed E-state index contributed by atoms with van der Waals surface area (Å²) in [6.45, 7) is 1.30. The summed E-state index contributed by atoms with van der Waals surface area (Å²) in [5.74, 6) is -3.12. The molecule has 0 amide bonds. The lowest BCUT2D eigenvalue weighted by molar-refractivity contribution is 0.0693. The number of benzene rings is 1. The van der Waals surface area contributed by atoms with Gasteiger partial charge in [0.25, 0.3) is 5.56 Å². The summed E-state index contributed by atoms with van der Waals surface area (Å²) in [5.41, 5.74) is -1.76. The Morgan fingerprint density at radius 2 is 2.05 bits per heavy atom. The summed E-state index contributed by atoms with van der Waals surface area (Å²) in [5, 5.41) is 8.81. The molecule has 0 aliphatic heterocycles. The minimum atomic E-state index is -1.43. The van der Waals surface area contributed by atoms with Crippen molar-refractivity contribution in [3.63, 3.8) is 0 Å². The Kier molecular flexibility index (Phi) is 3.12. The van der Waals surface area contributed by atoms with Gasteiger partial charge in [0, 0.05) is 0 Å². The standard InChI is InChI=1S/C12H8F2N2O3/c1-5-9(12(18)19)11(17)16-10(15-5)7-4-6(13)2-3-8(7)14/h2-4H,1H3,(H,18,19)(H,15,16,17). The molecule has 1 aromatic carbocycles. The van der Waals surface area contributed by atoms with Crippen LogP contribution in [0.15, 0.2) is 23.0 Å². The number of hydrogen-bond acceptors (Lipinski definition) is 3. The van der Waals surface area contributed by atoms with Gasteiger partial charge in [-0.3, -0.25) is 4.79 Å². The Labute approximate surface area is 105 Å². The van der Waals surface area contributed by atoms with Gasteiger partial charge in [0.1, 0.15) is 23.0 Å². The van der Waals surface area contributed by atoms with Crippen LogP contribution in [0.25, 0.3) is 11.4 Å². The molecule has 0 atom stereocenters. The molecule has 7 heteroatoms. The molecule has 0 aliphatic rings. The number of aromatic amines is 1. The Hall–Kier alpha value is -2.57. The molecule has 0 fully saturated rings. The number of halogens is 2. The van der Waals surface area contributed by atoms with Crippen molar-refractivity contribution in [1.82, 2.24) is 9.97 Å². The first kappa shape index (κ1) is 12.9. The number of aromatic nitrogens is 2. The number of H-pyrrole nitrogens is 1. The summed E-state index contributed by atoms with van der Waals surface area (Å²) in [7, 11) is 0. The van der Waals surface area contributed by atoms with Crippen LogP contribution in [-0.4, -0.2) is 21.0 Å². The van der Waals surface area contributed by atoms with Crippen molar-refractivity contribution in [2.75, 3.05) is 0 Å². The molecule has 1 heterocycles. The van der Waals surface area contributed by atoms with E-state index < -0.39 is 28.7 Å². The topological polar surface area (TPSA) is 83.0 Å². The van der Waals surface area contributed by atoms with Gasteiger partial charge in [-0.25, -0.2) is 18.6 Å². The van der Waals surface area contributed by atoms with Crippen molar-refractivity contribution in [2.24, 2.45) is 0 Å². The first-order valence-corrected chi connectivity index (χ1v) is 5.20. The minimum Gasteiger partial charge on any atom is -0.477 e. The van der Waals surface area contributed by atoms with E-state index in [1.807, 2.05) is 0 Å². The third-order valence-corrected chi connectivity index (χ3v) is 2.50. The van der Waals surface area contributed by atoms with E-state index in [0.29, 0.717) is 0 Å². The molecule has 0 unspecified atom stereocenters. The van der Waals surface area contributed by atoms with Crippen LogP contribution in [0.3, 0.4) is 0 Å². The molecule has 0 saturated heterocycles. The average Bonchev–Trinajstić information content (AvgIpc) is 2.30. The molecular weight excluding hydrogens is 258 g/mol. The summed E-state index contributed by atoms with van der Waals surface area (Å²) in [4.78, 5) is 28.3. The number of carboxylic acid groups (broad SMARTS) is 1. The predicted molar refractivity (Wildman–Crippen MR) is 61.9 cm³/mol. The molecule has 2 aromatic rings. The van der Waals surface area contributed by atoms with Crippen molar-refractivity contribution in [1.29, 1.82) is 0 Å². The van der Waals surface area contributed by atoms with Crippen LogP contribution in [0.4, 0.5) is 8.78 Å². The predicted octanol–water partition coefficient (Wildman–Crippen LogP) is 1.72. The lowest BCUT2D eigenvalue weighted by Crippen LogP contribution is -2.21. The molecule has 19 heavy (non-hydrogen) atoms. The molecule has 0 spiro atoms. The first-order chi connectivity index (χ1) is 8.90. The molecule has 0 radical (unpaired) electrons. The minimum absolute atomic E-state index is 0.0742. The summed E-state index contributed by atoms with van der Waals surface area (Å²) >= 11 is 0. The molecule has 2 rings (SSSR count). The van der Waals surface area contributed by atoms with Crippen LogP contribution in [0.5, 0.6) is 0 Å². The van der Waals surface area contributed by atoms with Gasteiger partial charge in [0.2, 0.25) is 0 Å². The van der Waals surface area contributed by atoms with Gasteiger partial charge in [-0.2, -0.15) is 0 Å². The van der Waals surface area contributed by atoms with Gasteiger partial charge in [-0.1, -0.05) is 0 Å². The van der Waals surface area contributed by atoms with Gasteiger partial charge in [0.15, 0.2) is 0 Å². The zero-order chi connectivity index (χ0) is 14.2. The van der Waals surface area contributed by atoms with E-state index in [1.165, 1.54) is 6.92 Å². The maximum atomic E-state index is 13.5. The van der Waals surface area contributed by atoms with E-state index in [1.54, 1.807) is 0 Å². The molecule has 98 valence electrons. The first-order valence-electron chi connectivity index (χ1n) is 5.20. The largest absolute Gasteiger partial charge is 0.477 e. The lowest BCUT2D eigenvalue weighted by Gasteiger charge is -2.05. The number of nitrogens with zero attached hydrogens (tertiary/aromatic N) is 1. The van der Waals surface area contributed by atoms with Crippen LogP contribution < -0.4 is 5.56 Å². The molecular formula is C12H8F2N2O3. The molecule has 0 bridgehead atoms. The number of rotatable bonds is 2. The van der Waals surface area contributed by atoms with E-state index in [4.69, 9.17) is 5.11 Å².